The molecular formula is C19H15N5O3. The third-order valence-corrected chi connectivity index (χ3v) is 4.52. The van der Waals surface area contributed by atoms with Gasteiger partial charge in [-0.25, -0.2) is 0 Å². The smallest absolute Gasteiger partial charge is 0.243 e. The van der Waals surface area contributed by atoms with Crippen LogP contribution in [0.15, 0.2) is 52.9 Å². The third kappa shape index (κ3) is 2.20. The van der Waals surface area contributed by atoms with Crippen molar-refractivity contribution in [2.24, 2.45) is 0 Å². The van der Waals surface area contributed by atoms with E-state index in [1.54, 1.807) is 14.2 Å². The topological polar surface area (TPSA) is 91.0 Å². The lowest BCUT2D eigenvalue weighted by molar-refractivity contribution is 0.412. The molecule has 134 valence electrons. The fourth-order valence-electron chi connectivity index (χ4n) is 3.37. The summed E-state index contributed by atoms with van der Waals surface area (Å²) in [7, 11) is 3.24. The van der Waals surface area contributed by atoms with Gasteiger partial charge < -0.3 is 18.5 Å². The van der Waals surface area contributed by atoms with E-state index in [-0.39, 0.29) is 0 Å². The summed E-state index contributed by atoms with van der Waals surface area (Å²) in [6, 6.07) is 15.9. The van der Waals surface area contributed by atoms with Crippen LogP contribution in [0.25, 0.3) is 39.3 Å². The molecule has 1 N–H and O–H groups in total. The number of ether oxygens (including phenoxy) is 2. The predicted molar refractivity (Wildman–Crippen MR) is 99.3 cm³/mol. The number of fused-ring (bicyclic) bond motifs is 3. The van der Waals surface area contributed by atoms with Crippen molar-refractivity contribution in [1.29, 1.82) is 0 Å². The minimum absolute atomic E-state index is 0.332. The zero-order valence-electron chi connectivity index (χ0n) is 14.6. The number of rotatable bonds is 4. The Morgan fingerprint density at radius 2 is 1.89 bits per heavy atom. The Morgan fingerprint density at radius 3 is 2.59 bits per heavy atom. The number of aromatic nitrogens is 5. The number of hydrogen-bond acceptors (Lipinski definition) is 6. The molecule has 0 bridgehead atoms. The molecule has 2 aromatic carbocycles. The van der Waals surface area contributed by atoms with Gasteiger partial charge in [0.25, 0.3) is 0 Å². The maximum atomic E-state index is 6.16. The minimum Gasteiger partial charge on any atom is -0.497 e. The molecule has 0 saturated carbocycles. The number of aromatic amines is 1. The number of H-pyrrole nitrogens is 1. The van der Waals surface area contributed by atoms with Crippen molar-refractivity contribution in [2.75, 3.05) is 14.2 Å². The second-order valence-corrected chi connectivity index (χ2v) is 5.93. The van der Waals surface area contributed by atoms with E-state index >= 15 is 0 Å². The van der Waals surface area contributed by atoms with Crippen molar-refractivity contribution in [3.8, 4) is 28.8 Å². The van der Waals surface area contributed by atoms with Crippen LogP contribution in [0.4, 0.5) is 0 Å². The first-order valence-corrected chi connectivity index (χ1v) is 8.30. The molecule has 0 saturated heterocycles. The van der Waals surface area contributed by atoms with Crippen LogP contribution in [-0.2, 0) is 0 Å². The largest absolute Gasteiger partial charge is 0.497 e. The molecule has 0 spiro atoms. The van der Waals surface area contributed by atoms with Crippen LogP contribution in [0.1, 0.15) is 0 Å². The lowest BCUT2D eigenvalue weighted by atomic mass is 10.2. The van der Waals surface area contributed by atoms with Crippen molar-refractivity contribution in [2.45, 2.75) is 0 Å². The number of tetrazole rings is 1. The summed E-state index contributed by atoms with van der Waals surface area (Å²) in [5.74, 6) is 2.04. The van der Waals surface area contributed by atoms with E-state index in [0.717, 1.165) is 27.9 Å². The Labute approximate surface area is 153 Å². The average molecular weight is 361 g/mol. The first-order valence-electron chi connectivity index (χ1n) is 8.30. The van der Waals surface area contributed by atoms with Crippen LogP contribution < -0.4 is 9.47 Å². The second kappa shape index (κ2) is 5.87. The molecule has 0 radical (unpaired) electrons. The number of hydrogen-bond donors (Lipinski definition) is 1. The lowest BCUT2D eigenvalue weighted by Crippen LogP contribution is -1.95. The van der Waals surface area contributed by atoms with E-state index in [1.807, 2.05) is 48.5 Å². The highest BCUT2D eigenvalue weighted by Gasteiger charge is 2.27. The molecule has 0 aliphatic heterocycles. The van der Waals surface area contributed by atoms with Gasteiger partial charge in [0.05, 0.1) is 19.7 Å². The minimum atomic E-state index is 0.332. The average Bonchev–Trinajstić information content (AvgIpc) is 3.42. The van der Waals surface area contributed by atoms with E-state index in [1.165, 1.54) is 0 Å². The molecule has 8 heteroatoms. The van der Waals surface area contributed by atoms with Gasteiger partial charge in [0.1, 0.15) is 11.3 Å². The van der Waals surface area contributed by atoms with E-state index in [0.29, 0.717) is 22.9 Å². The van der Waals surface area contributed by atoms with Crippen molar-refractivity contribution in [3.63, 3.8) is 0 Å². The van der Waals surface area contributed by atoms with Gasteiger partial charge in [-0.05, 0) is 35.5 Å². The summed E-state index contributed by atoms with van der Waals surface area (Å²) in [6.07, 6.45) is 0. The summed E-state index contributed by atoms with van der Waals surface area (Å²) in [4.78, 5) is 0. The molecule has 27 heavy (non-hydrogen) atoms. The highest BCUT2D eigenvalue weighted by molar-refractivity contribution is 6.10. The quantitative estimate of drug-likeness (QED) is 0.526. The van der Waals surface area contributed by atoms with Gasteiger partial charge in [0, 0.05) is 11.1 Å². The summed E-state index contributed by atoms with van der Waals surface area (Å²) in [5, 5.41) is 15.0. The van der Waals surface area contributed by atoms with E-state index in [9.17, 15) is 0 Å². The van der Waals surface area contributed by atoms with Crippen LogP contribution in [0.5, 0.6) is 11.5 Å². The molecule has 3 heterocycles. The molecule has 5 rings (SSSR count). The Morgan fingerprint density at radius 1 is 1.04 bits per heavy atom. The van der Waals surface area contributed by atoms with Crippen LogP contribution >= 0.6 is 0 Å². The molecule has 5 aromatic rings. The Kier molecular flexibility index (Phi) is 3.36. The second-order valence-electron chi connectivity index (χ2n) is 5.93. The van der Waals surface area contributed by atoms with Crippen LogP contribution in [-0.4, -0.2) is 39.4 Å². The maximum Gasteiger partial charge on any atom is 0.243 e. The van der Waals surface area contributed by atoms with Gasteiger partial charge in [-0.2, -0.15) is 5.21 Å². The van der Waals surface area contributed by atoms with Crippen molar-refractivity contribution in [1.82, 2.24) is 25.2 Å². The SMILES string of the molecule is COc1ccc2c(c1)c1oc(-c3nn[nH]n3)c(OC)c1n2-c1ccccc1. The van der Waals surface area contributed by atoms with Crippen LogP contribution in [0.2, 0.25) is 0 Å². The summed E-state index contributed by atoms with van der Waals surface area (Å²) in [5.41, 5.74) is 3.44. The standard InChI is InChI=1S/C19H15N5O3/c1-25-12-8-9-14-13(10-12)16-15(24(14)11-6-4-3-5-7-11)17(26-2)18(27-16)19-20-22-23-21-19/h3-10H,1-2H3,(H,20,21,22,23). The highest BCUT2D eigenvalue weighted by Crippen LogP contribution is 2.45. The summed E-state index contributed by atoms with van der Waals surface area (Å²) in [6.45, 7) is 0. The number of furan rings is 1. The maximum absolute atomic E-state index is 6.16. The number of nitrogens with zero attached hydrogens (tertiary/aromatic N) is 4. The van der Waals surface area contributed by atoms with Crippen molar-refractivity contribution < 1.29 is 13.9 Å². The normalized spacial score (nSPS) is 11.3. The number of nitrogens with one attached hydrogen (secondary N) is 1. The van der Waals surface area contributed by atoms with E-state index < -0.39 is 0 Å². The number of para-hydroxylation sites is 1. The van der Waals surface area contributed by atoms with Crippen molar-refractivity contribution in [3.05, 3.63) is 48.5 Å². The lowest BCUT2D eigenvalue weighted by Gasteiger charge is -2.08. The molecule has 0 unspecified atom stereocenters. The molecule has 0 fully saturated rings. The molecule has 0 aliphatic carbocycles. The van der Waals surface area contributed by atoms with Gasteiger partial charge in [-0.3, -0.25) is 0 Å². The van der Waals surface area contributed by atoms with Crippen LogP contribution in [0.3, 0.4) is 0 Å². The van der Waals surface area contributed by atoms with Gasteiger partial charge in [-0.1, -0.05) is 18.2 Å². The fourth-order valence-corrected chi connectivity index (χ4v) is 3.37. The fraction of sp³-hybridized carbons (Fsp3) is 0.105. The third-order valence-electron chi connectivity index (χ3n) is 4.52. The van der Waals surface area contributed by atoms with E-state index in [4.69, 9.17) is 13.9 Å². The highest BCUT2D eigenvalue weighted by atomic mass is 16.5. The number of methoxy groups -OCH3 is 2. The Bertz CT molecular complexity index is 1240. The Hall–Kier alpha value is -3.81. The monoisotopic (exact) mass is 361 g/mol. The molecular weight excluding hydrogens is 346 g/mol. The first kappa shape index (κ1) is 15.4. The summed E-state index contributed by atoms with van der Waals surface area (Å²) >= 11 is 0. The van der Waals surface area contributed by atoms with Gasteiger partial charge in [-0.15, -0.1) is 10.2 Å². The van der Waals surface area contributed by atoms with Gasteiger partial charge >= 0.3 is 0 Å². The summed E-state index contributed by atoms with van der Waals surface area (Å²) < 4.78 is 19.4. The van der Waals surface area contributed by atoms with Gasteiger partial charge in [0.15, 0.2) is 11.3 Å². The predicted octanol–water partition coefficient (Wildman–Crippen LogP) is 3.57. The van der Waals surface area contributed by atoms with Gasteiger partial charge in [0.2, 0.25) is 11.6 Å². The molecule has 8 nitrogen and oxygen atoms in total. The van der Waals surface area contributed by atoms with Crippen molar-refractivity contribution >= 4 is 22.0 Å². The Balaban J connectivity index is 1.95. The molecule has 0 aliphatic rings. The van der Waals surface area contributed by atoms with Crippen LogP contribution in [0, 0.1) is 0 Å². The van der Waals surface area contributed by atoms with E-state index in [2.05, 4.69) is 25.2 Å². The first-order chi connectivity index (χ1) is 13.3. The number of benzene rings is 2. The zero-order valence-corrected chi connectivity index (χ0v) is 14.6. The zero-order chi connectivity index (χ0) is 18.4. The molecule has 0 atom stereocenters. The molecule has 0 amide bonds. The molecule has 3 aromatic heterocycles.